The Hall–Kier alpha value is -1.40. The molecule has 1 N–H and O–H groups in total. The van der Waals surface area contributed by atoms with E-state index in [1.165, 1.54) is 25.7 Å². The van der Waals surface area contributed by atoms with Crippen molar-refractivity contribution in [2.45, 2.75) is 55.5 Å². The fraction of sp³-hybridized carbons (Fsp3) is 0.588. The van der Waals surface area contributed by atoms with E-state index in [1.807, 2.05) is 12.1 Å². The minimum Gasteiger partial charge on any atom is -0.300 e. The molecular formula is C17H23N3O2S. The zero-order valence-corrected chi connectivity index (χ0v) is 14.1. The van der Waals surface area contributed by atoms with Crippen LogP contribution in [0.5, 0.6) is 0 Å². The maximum Gasteiger partial charge on any atom is 0.263 e. The number of benzene rings is 1. The van der Waals surface area contributed by atoms with Crippen LogP contribution >= 0.6 is 0 Å². The van der Waals surface area contributed by atoms with Crippen molar-refractivity contribution >= 4 is 15.9 Å². The number of nitrogens with zero attached hydrogens (tertiary/aromatic N) is 2. The van der Waals surface area contributed by atoms with Crippen LogP contribution in [0.3, 0.4) is 0 Å². The molecule has 6 heteroatoms. The van der Waals surface area contributed by atoms with Gasteiger partial charge in [0, 0.05) is 24.7 Å². The molecule has 1 saturated heterocycles. The Morgan fingerprint density at radius 2 is 1.74 bits per heavy atom. The first-order chi connectivity index (χ1) is 11.1. The van der Waals surface area contributed by atoms with E-state index in [0.29, 0.717) is 16.3 Å². The maximum atomic E-state index is 12.1. The predicted octanol–water partition coefficient (Wildman–Crippen LogP) is 2.13. The number of hydrogen-bond donors (Lipinski definition) is 1. The van der Waals surface area contributed by atoms with Gasteiger partial charge in [-0.3, -0.25) is 9.71 Å². The molecule has 0 atom stereocenters. The van der Waals surface area contributed by atoms with E-state index in [2.05, 4.69) is 9.62 Å². The summed E-state index contributed by atoms with van der Waals surface area (Å²) in [6, 6.07) is 8.08. The summed E-state index contributed by atoms with van der Waals surface area (Å²) in [7, 11) is -3.42. The van der Waals surface area contributed by atoms with Gasteiger partial charge in [0.2, 0.25) is 0 Å². The lowest BCUT2D eigenvalue weighted by Gasteiger charge is -2.34. The number of fused-ring (bicyclic) bond motifs is 1. The van der Waals surface area contributed by atoms with Crippen LogP contribution in [-0.4, -0.2) is 44.3 Å². The Balaban J connectivity index is 1.48. The maximum absolute atomic E-state index is 12.1. The van der Waals surface area contributed by atoms with E-state index < -0.39 is 10.0 Å². The number of piperidine rings is 1. The van der Waals surface area contributed by atoms with Crippen LogP contribution in [0.1, 0.15) is 44.1 Å². The Labute approximate surface area is 137 Å². The number of hydrogen-bond acceptors (Lipinski definition) is 4. The molecule has 1 aromatic rings. The molecule has 5 nitrogen and oxygen atoms in total. The highest BCUT2D eigenvalue weighted by atomic mass is 32.2. The summed E-state index contributed by atoms with van der Waals surface area (Å²) >= 11 is 0. The lowest BCUT2D eigenvalue weighted by Crippen LogP contribution is -2.41. The highest BCUT2D eigenvalue weighted by Crippen LogP contribution is 2.28. The van der Waals surface area contributed by atoms with Gasteiger partial charge in [-0.1, -0.05) is 25.0 Å². The second kappa shape index (κ2) is 5.91. The summed E-state index contributed by atoms with van der Waals surface area (Å²) in [4.78, 5) is 7.69. The van der Waals surface area contributed by atoms with Crippen LogP contribution in [0.25, 0.3) is 0 Å². The SMILES string of the molecule is O=S1(=O)NC(=NC2CCN(C3CCCC3)CC2)c2ccccc21. The molecule has 2 aliphatic heterocycles. The van der Waals surface area contributed by atoms with Crippen LogP contribution < -0.4 is 4.72 Å². The zero-order valence-electron chi connectivity index (χ0n) is 13.2. The Morgan fingerprint density at radius 1 is 1.04 bits per heavy atom. The molecule has 0 unspecified atom stereocenters. The van der Waals surface area contributed by atoms with Gasteiger partial charge >= 0.3 is 0 Å². The van der Waals surface area contributed by atoms with E-state index in [-0.39, 0.29) is 6.04 Å². The highest BCUT2D eigenvalue weighted by Gasteiger charge is 2.32. The molecule has 23 heavy (non-hydrogen) atoms. The summed E-state index contributed by atoms with van der Waals surface area (Å²) in [5.41, 5.74) is 0.714. The van der Waals surface area contributed by atoms with Crippen LogP contribution in [0.4, 0.5) is 0 Å². The average molecular weight is 333 g/mol. The van der Waals surface area contributed by atoms with Crippen LogP contribution in [0.2, 0.25) is 0 Å². The fourth-order valence-corrected chi connectivity index (χ4v) is 5.30. The number of likely N-dealkylation sites (tertiary alicyclic amines) is 1. The Bertz CT molecular complexity index is 715. The van der Waals surface area contributed by atoms with Gasteiger partial charge in [0.25, 0.3) is 10.0 Å². The average Bonchev–Trinajstić information content (AvgIpc) is 3.16. The van der Waals surface area contributed by atoms with Crippen molar-refractivity contribution in [3.05, 3.63) is 29.8 Å². The normalized spacial score (nSPS) is 27.2. The van der Waals surface area contributed by atoms with Crippen molar-refractivity contribution in [3.63, 3.8) is 0 Å². The lowest BCUT2D eigenvalue weighted by molar-refractivity contribution is 0.155. The highest BCUT2D eigenvalue weighted by molar-refractivity contribution is 7.90. The topological polar surface area (TPSA) is 61.8 Å². The van der Waals surface area contributed by atoms with Gasteiger partial charge in [0.15, 0.2) is 0 Å². The molecule has 0 radical (unpaired) electrons. The Kier molecular flexibility index (Phi) is 3.89. The predicted molar refractivity (Wildman–Crippen MR) is 90.2 cm³/mol. The fourth-order valence-electron chi connectivity index (χ4n) is 4.06. The van der Waals surface area contributed by atoms with Gasteiger partial charge in [-0.2, -0.15) is 0 Å². The minimum absolute atomic E-state index is 0.219. The number of rotatable bonds is 2. The molecule has 124 valence electrons. The van der Waals surface area contributed by atoms with E-state index >= 15 is 0 Å². The Morgan fingerprint density at radius 3 is 2.48 bits per heavy atom. The largest absolute Gasteiger partial charge is 0.300 e. The molecule has 2 fully saturated rings. The van der Waals surface area contributed by atoms with Crippen LogP contribution in [0, 0.1) is 0 Å². The number of sulfonamides is 1. The summed E-state index contributed by atoms with van der Waals surface area (Å²) < 4.78 is 26.9. The molecule has 1 saturated carbocycles. The summed E-state index contributed by atoms with van der Waals surface area (Å²) in [5.74, 6) is 0.528. The van der Waals surface area contributed by atoms with Gasteiger partial charge < -0.3 is 4.90 Å². The molecule has 0 bridgehead atoms. The number of nitrogens with one attached hydrogen (secondary N) is 1. The van der Waals surface area contributed by atoms with Crippen molar-refractivity contribution in [2.24, 2.45) is 4.99 Å². The molecule has 0 spiro atoms. The van der Waals surface area contributed by atoms with Crippen molar-refractivity contribution < 1.29 is 8.42 Å². The second-order valence-electron chi connectivity index (χ2n) is 6.78. The minimum atomic E-state index is -3.42. The molecule has 1 aromatic carbocycles. The standard InChI is InChI=1S/C17H23N3O2S/c21-23(22)16-8-4-3-7-15(16)17(19-23)18-13-9-11-20(12-10-13)14-5-1-2-6-14/h3-4,7-8,13-14H,1-2,5-6,9-12H2,(H,18,19). The quantitative estimate of drug-likeness (QED) is 0.902. The molecule has 3 aliphatic rings. The monoisotopic (exact) mass is 333 g/mol. The first-order valence-corrected chi connectivity index (χ1v) is 10.1. The summed E-state index contributed by atoms with van der Waals surface area (Å²) in [6.07, 6.45) is 7.45. The van der Waals surface area contributed by atoms with Gasteiger partial charge in [-0.05, 0) is 37.8 Å². The van der Waals surface area contributed by atoms with Crippen molar-refractivity contribution in [1.82, 2.24) is 9.62 Å². The van der Waals surface area contributed by atoms with Crippen molar-refractivity contribution in [2.75, 3.05) is 13.1 Å². The van der Waals surface area contributed by atoms with Gasteiger partial charge in [-0.15, -0.1) is 0 Å². The first kappa shape index (κ1) is 15.1. The summed E-state index contributed by atoms with van der Waals surface area (Å²) in [5, 5.41) is 0. The van der Waals surface area contributed by atoms with Crippen LogP contribution in [-0.2, 0) is 10.0 Å². The third-order valence-corrected chi connectivity index (χ3v) is 6.71. The second-order valence-corrected chi connectivity index (χ2v) is 8.44. The van der Waals surface area contributed by atoms with E-state index in [4.69, 9.17) is 4.99 Å². The van der Waals surface area contributed by atoms with Crippen molar-refractivity contribution in [3.8, 4) is 0 Å². The third kappa shape index (κ3) is 2.90. The third-order valence-electron chi connectivity index (χ3n) is 5.31. The van der Waals surface area contributed by atoms with E-state index in [0.717, 1.165) is 32.0 Å². The molecular weight excluding hydrogens is 310 g/mol. The van der Waals surface area contributed by atoms with Gasteiger partial charge in [0.1, 0.15) is 5.84 Å². The number of amidine groups is 1. The van der Waals surface area contributed by atoms with Crippen molar-refractivity contribution in [1.29, 1.82) is 0 Å². The van der Waals surface area contributed by atoms with Crippen LogP contribution in [0.15, 0.2) is 34.2 Å². The molecule has 0 aromatic heterocycles. The summed E-state index contributed by atoms with van der Waals surface area (Å²) in [6.45, 7) is 2.17. The zero-order chi connectivity index (χ0) is 15.9. The van der Waals surface area contributed by atoms with E-state index in [9.17, 15) is 8.42 Å². The first-order valence-electron chi connectivity index (χ1n) is 8.57. The van der Waals surface area contributed by atoms with Gasteiger partial charge in [0.05, 0.1) is 10.9 Å². The lowest BCUT2D eigenvalue weighted by atomic mass is 10.0. The van der Waals surface area contributed by atoms with Gasteiger partial charge in [-0.25, -0.2) is 8.42 Å². The molecule has 2 heterocycles. The molecule has 4 rings (SSSR count). The van der Waals surface area contributed by atoms with E-state index in [1.54, 1.807) is 12.1 Å². The molecule has 0 amide bonds. The number of aliphatic imine (C=N–C) groups is 1. The smallest absolute Gasteiger partial charge is 0.263 e. The molecule has 1 aliphatic carbocycles.